The number of Topliss-reactive ketones (excluding diaryl/α,β-unsaturated/α-hetero) is 1. The van der Waals surface area contributed by atoms with Gasteiger partial charge in [-0.05, 0) is 20.8 Å². The standard InChI is InChI=1S/C8H15NO3/c1-4-12-7(11)8(3,5-9)6(2)10/h4-5,9H2,1-3H3/t8-/m1/s1. The summed E-state index contributed by atoms with van der Waals surface area (Å²) in [5, 5.41) is 0. The van der Waals surface area contributed by atoms with Gasteiger partial charge in [-0.1, -0.05) is 0 Å². The fourth-order valence-corrected chi connectivity index (χ4v) is 0.661. The summed E-state index contributed by atoms with van der Waals surface area (Å²) >= 11 is 0. The van der Waals surface area contributed by atoms with E-state index in [-0.39, 0.29) is 18.9 Å². The minimum absolute atomic E-state index is 0.0127. The number of hydrogen-bond donors (Lipinski definition) is 1. The number of carbonyl (C=O) groups excluding carboxylic acids is 2. The summed E-state index contributed by atoms with van der Waals surface area (Å²) in [5.41, 5.74) is 4.15. The second-order valence-electron chi connectivity index (χ2n) is 2.81. The highest BCUT2D eigenvalue weighted by molar-refractivity contribution is 6.02. The molecule has 4 nitrogen and oxygen atoms in total. The van der Waals surface area contributed by atoms with Crippen LogP contribution in [-0.2, 0) is 14.3 Å². The van der Waals surface area contributed by atoms with E-state index in [2.05, 4.69) is 0 Å². The molecule has 4 heteroatoms. The molecule has 0 aromatic rings. The Morgan fingerprint density at radius 1 is 1.50 bits per heavy atom. The van der Waals surface area contributed by atoms with Crippen LogP contribution in [-0.4, -0.2) is 24.9 Å². The molecule has 0 amide bonds. The topological polar surface area (TPSA) is 69.4 Å². The van der Waals surface area contributed by atoms with Gasteiger partial charge in [0.15, 0.2) is 0 Å². The first kappa shape index (κ1) is 11.1. The lowest BCUT2D eigenvalue weighted by atomic mass is 9.87. The van der Waals surface area contributed by atoms with Crippen molar-refractivity contribution in [2.24, 2.45) is 11.1 Å². The van der Waals surface area contributed by atoms with Gasteiger partial charge in [-0.2, -0.15) is 0 Å². The number of carbonyl (C=O) groups is 2. The van der Waals surface area contributed by atoms with Crippen LogP contribution >= 0.6 is 0 Å². The molecule has 0 saturated carbocycles. The molecule has 0 aliphatic heterocycles. The monoisotopic (exact) mass is 173 g/mol. The first-order valence-corrected chi connectivity index (χ1v) is 3.87. The number of esters is 1. The summed E-state index contributed by atoms with van der Waals surface area (Å²) in [7, 11) is 0. The molecule has 0 spiro atoms. The average Bonchev–Trinajstić information content (AvgIpc) is 2.03. The lowest BCUT2D eigenvalue weighted by Gasteiger charge is -2.21. The fraction of sp³-hybridized carbons (Fsp3) is 0.750. The molecule has 0 rings (SSSR count). The maximum atomic E-state index is 11.2. The molecule has 2 N–H and O–H groups in total. The van der Waals surface area contributed by atoms with Crippen LogP contribution in [0.2, 0.25) is 0 Å². The average molecular weight is 173 g/mol. The summed E-state index contributed by atoms with van der Waals surface area (Å²) in [4.78, 5) is 22.2. The van der Waals surface area contributed by atoms with Crippen LogP contribution in [0.3, 0.4) is 0 Å². The minimum Gasteiger partial charge on any atom is -0.465 e. The molecule has 0 aliphatic rings. The van der Waals surface area contributed by atoms with Crippen molar-refractivity contribution in [2.45, 2.75) is 20.8 Å². The molecule has 0 fully saturated rings. The molecule has 0 saturated heterocycles. The Morgan fingerprint density at radius 2 is 2.00 bits per heavy atom. The van der Waals surface area contributed by atoms with Crippen LogP contribution in [0.5, 0.6) is 0 Å². The largest absolute Gasteiger partial charge is 0.465 e. The van der Waals surface area contributed by atoms with Crippen molar-refractivity contribution in [1.82, 2.24) is 0 Å². The highest BCUT2D eigenvalue weighted by atomic mass is 16.5. The third-order valence-electron chi connectivity index (χ3n) is 1.91. The van der Waals surface area contributed by atoms with Gasteiger partial charge >= 0.3 is 5.97 Å². The van der Waals surface area contributed by atoms with E-state index in [0.717, 1.165) is 0 Å². The van der Waals surface area contributed by atoms with Gasteiger partial charge in [0.2, 0.25) is 0 Å². The highest BCUT2D eigenvalue weighted by Crippen LogP contribution is 2.17. The van der Waals surface area contributed by atoms with Crippen molar-refractivity contribution in [3.63, 3.8) is 0 Å². The van der Waals surface area contributed by atoms with Crippen molar-refractivity contribution in [2.75, 3.05) is 13.2 Å². The third kappa shape index (κ3) is 2.04. The quantitative estimate of drug-likeness (QED) is 0.483. The van der Waals surface area contributed by atoms with Crippen LogP contribution in [0.15, 0.2) is 0 Å². The summed E-state index contributed by atoms with van der Waals surface area (Å²) < 4.78 is 4.72. The van der Waals surface area contributed by atoms with Crippen LogP contribution < -0.4 is 5.73 Å². The van der Waals surface area contributed by atoms with Crippen LogP contribution in [0.25, 0.3) is 0 Å². The molecular weight excluding hydrogens is 158 g/mol. The van der Waals surface area contributed by atoms with Gasteiger partial charge in [-0.25, -0.2) is 0 Å². The molecule has 0 unspecified atom stereocenters. The first-order chi connectivity index (χ1) is 5.49. The van der Waals surface area contributed by atoms with Crippen LogP contribution in [0, 0.1) is 5.41 Å². The zero-order chi connectivity index (χ0) is 9.78. The smallest absolute Gasteiger partial charge is 0.320 e. The molecule has 0 aromatic carbocycles. The van der Waals surface area contributed by atoms with Gasteiger partial charge in [0.1, 0.15) is 11.2 Å². The normalized spacial score (nSPS) is 15.0. The zero-order valence-electron chi connectivity index (χ0n) is 7.72. The van der Waals surface area contributed by atoms with Crippen molar-refractivity contribution < 1.29 is 14.3 Å². The van der Waals surface area contributed by atoms with Gasteiger partial charge in [-0.15, -0.1) is 0 Å². The second kappa shape index (κ2) is 4.21. The molecule has 0 radical (unpaired) electrons. The van der Waals surface area contributed by atoms with E-state index in [9.17, 15) is 9.59 Å². The number of rotatable bonds is 4. The maximum Gasteiger partial charge on any atom is 0.320 e. The number of ketones is 1. The number of hydrogen-bond acceptors (Lipinski definition) is 4. The van der Waals surface area contributed by atoms with Crippen molar-refractivity contribution in [3.05, 3.63) is 0 Å². The highest BCUT2D eigenvalue weighted by Gasteiger charge is 2.38. The second-order valence-corrected chi connectivity index (χ2v) is 2.81. The van der Waals surface area contributed by atoms with Crippen molar-refractivity contribution in [1.29, 1.82) is 0 Å². The molecule has 0 aliphatic carbocycles. The van der Waals surface area contributed by atoms with Gasteiger partial charge in [0.05, 0.1) is 6.61 Å². The molecular formula is C8H15NO3. The Morgan fingerprint density at radius 3 is 2.25 bits per heavy atom. The molecule has 12 heavy (non-hydrogen) atoms. The fourth-order valence-electron chi connectivity index (χ4n) is 0.661. The molecule has 0 heterocycles. The van der Waals surface area contributed by atoms with Gasteiger partial charge < -0.3 is 10.5 Å². The Balaban J connectivity index is 4.52. The molecule has 0 aromatic heterocycles. The van der Waals surface area contributed by atoms with Gasteiger partial charge in [-0.3, -0.25) is 9.59 Å². The summed E-state index contributed by atoms with van der Waals surface area (Å²) in [6.45, 7) is 4.77. The summed E-state index contributed by atoms with van der Waals surface area (Å²) in [6, 6.07) is 0. The number of nitrogens with two attached hydrogens (primary N) is 1. The van der Waals surface area contributed by atoms with E-state index >= 15 is 0 Å². The first-order valence-electron chi connectivity index (χ1n) is 3.87. The predicted octanol–water partition coefficient (Wildman–Crippen LogP) is 0.104. The Labute approximate surface area is 72.1 Å². The summed E-state index contributed by atoms with van der Waals surface area (Å²) in [5.74, 6) is -0.802. The Kier molecular flexibility index (Phi) is 3.89. The van der Waals surface area contributed by atoms with Crippen molar-refractivity contribution in [3.8, 4) is 0 Å². The lowest BCUT2D eigenvalue weighted by molar-refractivity contribution is -0.157. The van der Waals surface area contributed by atoms with Gasteiger partial charge in [0, 0.05) is 6.54 Å². The minimum atomic E-state index is -1.17. The van der Waals surface area contributed by atoms with Crippen LogP contribution in [0.1, 0.15) is 20.8 Å². The van der Waals surface area contributed by atoms with E-state index in [1.54, 1.807) is 6.92 Å². The lowest BCUT2D eigenvalue weighted by Crippen LogP contribution is -2.43. The SMILES string of the molecule is CCOC(=O)[C@](C)(CN)C(C)=O. The molecule has 1 atom stereocenters. The van der Waals surface area contributed by atoms with E-state index in [0.29, 0.717) is 0 Å². The van der Waals surface area contributed by atoms with E-state index in [1.165, 1.54) is 13.8 Å². The number of ether oxygens (including phenoxy) is 1. The Hall–Kier alpha value is -0.900. The molecule has 70 valence electrons. The third-order valence-corrected chi connectivity index (χ3v) is 1.91. The summed E-state index contributed by atoms with van der Waals surface area (Å²) in [6.07, 6.45) is 0. The van der Waals surface area contributed by atoms with E-state index in [4.69, 9.17) is 10.5 Å². The predicted molar refractivity (Wildman–Crippen MR) is 44.5 cm³/mol. The molecule has 0 bridgehead atoms. The Bertz CT molecular complexity index is 191. The van der Waals surface area contributed by atoms with E-state index in [1.807, 2.05) is 0 Å². The van der Waals surface area contributed by atoms with Crippen LogP contribution in [0.4, 0.5) is 0 Å². The maximum absolute atomic E-state index is 11.2. The van der Waals surface area contributed by atoms with Crippen molar-refractivity contribution >= 4 is 11.8 Å². The van der Waals surface area contributed by atoms with E-state index < -0.39 is 11.4 Å². The van der Waals surface area contributed by atoms with Gasteiger partial charge in [0.25, 0.3) is 0 Å². The zero-order valence-corrected chi connectivity index (χ0v) is 7.72.